The number of hydrogen-bond acceptors (Lipinski definition) is 3. The molecule has 0 amide bonds. The molecule has 0 saturated heterocycles. The number of nitrogens with zero attached hydrogens (tertiary/aromatic N) is 2. The molecule has 4 heteroatoms. The lowest BCUT2D eigenvalue weighted by molar-refractivity contribution is -0.00303. The molecule has 0 atom stereocenters. The lowest BCUT2D eigenvalue weighted by Gasteiger charge is -2.53. The molecule has 0 aliphatic heterocycles. The highest BCUT2D eigenvalue weighted by atomic mass is 35.5. The third-order valence-electron chi connectivity index (χ3n) is 5.52. The summed E-state index contributed by atoms with van der Waals surface area (Å²) < 4.78 is 0. The van der Waals surface area contributed by atoms with Gasteiger partial charge in [0, 0.05) is 18.2 Å². The molecule has 1 aromatic heterocycles. The average molecular weight is 297 g/mol. The van der Waals surface area contributed by atoms with Gasteiger partial charge >= 0.3 is 0 Å². The third kappa shape index (κ3) is 2.23. The van der Waals surface area contributed by atoms with Gasteiger partial charge in [-0.2, -0.15) is 0 Å². The van der Waals surface area contributed by atoms with Crippen molar-refractivity contribution < 1.29 is 0 Å². The summed E-state index contributed by atoms with van der Waals surface area (Å²) in [7, 11) is 0. The van der Waals surface area contributed by atoms with Crippen LogP contribution in [0.2, 0.25) is 0 Å². The Kier molecular flexibility index (Phi) is 3.31. The third-order valence-corrected chi connectivity index (χ3v) is 6.87. The molecule has 0 spiro atoms. The van der Waals surface area contributed by atoms with Crippen molar-refractivity contribution in [3.8, 4) is 0 Å². The summed E-state index contributed by atoms with van der Waals surface area (Å²) in [6.45, 7) is 0. The van der Waals surface area contributed by atoms with E-state index in [0.717, 1.165) is 48.3 Å². The second kappa shape index (κ2) is 5.00. The standard InChI is InChI=1S/C15H21ClN2S/c16-3-1-2-13-17-18-15(19-13)14-11-5-9-4-10(7-11)8-12(14)6-9/h9-12,14H,1-8H2. The number of hydrogen-bond donors (Lipinski definition) is 0. The number of halogens is 1. The maximum Gasteiger partial charge on any atom is 0.121 e. The fourth-order valence-electron chi connectivity index (χ4n) is 5.05. The van der Waals surface area contributed by atoms with E-state index < -0.39 is 0 Å². The van der Waals surface area contributed by atoms with Gasteiger partial charge in [-0.05, 0) is 62.2 Å². The van der Waals surface area contributed by atoms with E-state index in [1.165, 1.54) is 42.1 Å². The van der Waals surface area contributed by atoms with Crippen LogP contribution >= 0.6 is 22.9 Å². The van der Waals surface area contributed by atoms with E-state index in [1.54, 1.807) is 0 Å². The summed E-state index contributed by atoms with van der Waals surface area (Å²) >= 11 is 7.63. The minimum Gasteiger partial charge on any atom is -0.144 e. The summed E-state index contributed by atoms with van der Waals surface area (Å²) in [5.74, 6) is 5.41. The van der Waals surface area contributed by atoms with Gasteiger partial charge in [0.05, 0.1) is 0 Å². The van der Waals surface area contributed by atoms with Crippen LogP contribution < -0.4 is 0 Å². The highest BCUT2D eigenvalue weighted by Crippen LogP contribution is 2.59. The first kappa shape index (κ1) is 12.6. The Morgan fingerprint density at radius 2 is 1.68 bits per heavy atom. The van der Waals surface area contributed by atoms with Gasteiger partial charge in [0.1, 0.15) is 10.0 Å². The van der Waals surface area contributed by atoms with Crippen LogP contribution in [0, 0.1) is 23.7 Å². The molecule has 2 nitrogen and oxygen atoms in total. The van der Waals surface area contributed by atoms with E-state index in [-0.39, 0.29) is 0 Å². The Labute approximate surface area is 124 Å². The molecule has 0 unspecified atom stereocenters. The SMILES string of the molecule is ClCCCc1nnc(C2C3CC4CC(C3)CC2C4)s1. The van der Waals surface area contributed by atoms with Crippen molar-refractivity contribution >= 4 is 22.9 Å². The highest BCUT2D eigenvalue weighted by Gasteiger charge is 2.49. The van der Waals surface area contributed by atoms with Gasteiger partial charge in [0.15, 0.2) is 0 Å². The van der Waals surface area contributed by atoms with E-state index in [0.29, 0.717) is 0 Å². The molecular formula is C15H21ClN2S. The Bertz CT molecular complexity index is 431. The van der Waals surface area contributed by atoms with Gasteiger partial charge in [-0.15, -0.1) is 33.1 Å². The topological polar surface area (TPSA) is 25.8 Å². The van der Waals surface area contributed by atoms with Crippen molar-refractivity contribution in [1.82, 2.24) is 10.2 Å². The first-order valence-electron chi connectivity index (χ1n) is 7.71. The van der Waals surface area contributed by atoms with Crippen LogP contribution in [0.25, 0.3) is 0 Å². The van der Waals surface area contributed by atoms with Gasteiger partial charge in [0.2, 0.25) is 0 Å². The van der Waals surface area contributed by atoms with E-state index >= 15 is 0 Å². The van der Waals surface area contributed by atoms with Crippen molar-refractivity contribution in [2.45, 2.75) is 50.9 Å². The Morgan fingerprint density at radius 1 is 1.00 bits per heavy atom. The Hall–Kier alpha value is -0.150. The van der Waals surface area contributed by atoms with Crippen molar-refractivity contribution in [1.29, 1.82) is 0 Å². The molecule has 0 N–H and O–H groups in total. The molecule has 0 radical (unpaired) electrons. The summed E-state index contributed by atoms with van der Waals surface area (Å²) in [6.07, 6.45) is 9.42. The molecule has 4 aliphatic rings. The molecule has 19 heavy (non-hydrogen) atoms. The summed E-state index contributed by atoms with van der Waals surface area (Å²) in [6, 6.07) is 0. The second-order valence-electron chi connectivity index (χ2n) is 6.78. The zero-order valence-electron chi connectivity index (χ0n) is 11.2. The van der Waals surface area contributed by atoms with Gasteiger partial charge in [-0.1, -0.05) is 0 Å². The van der Waals surface area contributed by atoms with E-state index in [1.807, 2.05) is 11.3 Å². The average Bonchev–Trinajstić information content (AvgIpc) is 2.83. The van der Waals surface area contributed by atoms with Gasteiger partial charge < -0.3 is 0 Å². The van der Waals surface area contributed by atoms with Crippen LogP contribution in [0.1, 0.15) is 54.5 Å². The normalized spacial score (nSPS) is 39.9. The lowest BCUT2D eigenvalue weighted by atomic mass is 9.52. The zero-order valence-corrected chi connectivity index (χ0v) is 12.8. The molecule has 1 heterocycles. The predicted molar refractivity (Wildman–Crippen MR) is 78.7 cm³/mol. The van der Waals surface area contributed by atoms with Crippen LogP contribution in [-0.4, -0.2) is 16.1 Å². The first-order valence-corrected chi connectivity index (χ1v) is 9.07. The maximum absolute atomic E-state index is 5.76. The molecular weight excluding hydrogens is 276 g/mol. The molecule has 4 fully saturated rings. The molecule has 5 rings (SSSR count). The second-order valence-corrected chi connectivity index (χ2v) is 8.25. The van der Waals surface area contributed by atoms with E-state index in [9.17, 15) is 0 Å². The number of alkyl halides is 1. The van der Waals surface area contributed by atoms with E-state index in [2.05, 4.69) is 10.2 Å². The fraction of sp³-hybridized carbons (Fsp3) is 0.867. The Morgan fingerprint density at radius 3 is 2.32 bits per heavy atom. The summed E-state index contributed by atoms with van der Waals surface area (Å²) in [5.41, 5.74) is 0. The Balaban J connectivity index is 1.54. The van der Waals surface area contributed by atoms with Gasteiger partial charge in [0.25, 0.3) is 0 Å². The molecule has 0 aromatic carbocycles. The minimum absolute atomic E-state index is 0.729. The number of aromatic nitrogens is 2. The van der Waals surface area contributed by atoms with Crippen molar-refractivity contribution in [2.75, 3.05) is 5.88 Å². The summed E-state index contributed by atoms with van der Waals surface area (Å²) in [4.78, 5) is 0. The molecule has 104 valence electrons. The molecule has 4 bridgehead atoms. The molecule has 4 saturated carbocycles. The number of rotatable bonds is 4. The van der Waals surface area contributed by atoms with Crippen molar-refractivity contribution in [3.05, 3.63) is 10.0 Å². The van der Waals surface area contributed by atoms with Crippen molar-refractivity contribution in [2.24, 2.45) is 23.7 Å². The van der Waals surface area contributed by atoms with Gasteiger partial charge in [-0.3, -0.25) is 0 Å². The first-order chi connectivity index (χ1) is 9.33. The highest BCUT2D eigenvalue weighted by molar-refractivity contribution is 7.11. The monoisotopic (exact) mass is 296 g/mol. The van der Waals surface area contributed by atoms with Gasteiger partial charge in [-0.25, -0.2) is 0 Å². The van der Waals surface area contributed by atoms with Crippen LogP contribution in [0.5, 0.6) is 0 Å². The predicted octanol–water partition coefficient (Wildman–Crippen LogP) is 4.25. The smallest absolute Gasteiger partial charge is 0.121 e. The largest absolute Gasteiger partial charge is 0.144 e. The lowest BCUT2D eigenvalue weighted by Crippen LogP contribution is -2.43. The van der Waals surface area contributed by atoms with Crippen LogP contribution in [0.15, 0.2) is 0 Å². The maximum atomic E-state index is 5.76. The minimum atomic E-state index is 0.729. The fourth-order valence-corrected chi connectivity index (χ4v) is 6.35. The van der Waals surface area contributed by atoms with Crippen molar-refractivity contribution in [3.63, 3.8) is 0 Å². The molecule has 4 aliphatic carbocycles. The summed E-state index contributed by atoms with van der Waals surface area (Å²) in [5, 5.41) is 11.5. The van der Waals surface area contributed by atoms with Crippen LogP contribution in [0.3, 0.4) is 0 Å². The molecule has 1 aromatic rings. The number of aryl methyl sites for hydroxylation is 1. The van der Waals surface area contributed by atoms with E-state index in [4.69, 9.17) is 11.6 Å². The zero-order chi connectivity index (χ0) is 12.8. The van der Waals surface area contributed by atoms with Crippen LogP contribution in [0.4, 0.5) is 0 Å². The quantitative estimate of drug-likeness (QED) is 0.776. The van der Waals surface area contributed by atoms with Crippen LogP contribution in [-0.2, 0) is 6.42 Å².